The molecule has 0 saturated heterocycles. The molecule has 3 N–H and O–H groups in total. The SMILES string of the molecule is Cc1ccc(-c2cc(N)c(=O)n(CC(=O)Nc3cccc(OC(F)(F)F)c3)n2)o1. The molecule has 152 valence electrons. The van der Waals surface area contributed by atoms with Gasteiger partial charge in [-0.3, -0.25) is 9.59 Å². The van der Waals surface area contributed by atoms with Gasteiger partial charge < -0.3 is 20.2 Å². The number of nitrogen functional groups attached to an aromatic ring is 1. The number of amides is 1. The van der Waals surface area contributed by atoms with Crippen LogP contribution < -0.4 is 21.3 Å². The van der Waals surface area contributed by atoms with Crippen molar-refractivity contribution in [3.63, 3.8) is 0 Å². The third-order valence-corrected chi connectivity index (χ3v) is 3.64. The lowest BCUT2D eigenvalue weighted by Gasteiger charge is -2.11. The fraction of sp³-hybridized carbons (Fsp3) is 0.167. The first-order valence-corrected chi connectivity index (χ1v) is 8.21. The van der Waals surface area contributed by atoms with E-state index in [0.29, 0.717) is 11.5 Å². The summed E-state index contributed by atoms with van der Waals surface area (Å²) in [5.41, 5.74) is 5.17. The second kappa shape index (κ2) is 7.70. The highest BCUT2D eigenvalue weighted by Crippen LogP contribution is 2.25. The van der Waals surface area contributed by atoms with E-state index in [1.54, 1.807) is 19.1 Å². The molecule has 0 saturated carbocycles. The highest BCUT2D eigenvalue weighted by molar-refractivity contribution is 5.90. The molecule has 2 heterocycles. The first-order chi connectivity index (χ1) is 13.6. The molecule has 0 atom stereocenters. The number of anilines is 2. The van der Waals surface area contributed by atoms with E-state index in [1.165, 1.54) is 18.2 Å². The van der Waals surface area contributed by atoms with E-state index in [-0.39, 0.29) is 17.1 Å². The molecular formula is C18H15F3N4O4. The minimum Gasteiger partial charge on any atom is -0.460 e. The van der Waals surface area contributed by atoms with Crippen molar-refractivity contribution in [1.29, 1.82) is 0 Å². The lowest BCUT2D eigenvalue weighted by Crippen LogP contribution is -2.31. The topological polar surface area (TPSA) is 112 Å². The standard InChI is InChI=1S/C18H15F3N4O4/c1-10-5-6-15(28-10)14-8-13(22)17(27)25(24-14)9-16(26)23-11-3-2-4-12(7-11)29-18(19,20)21/h2-8H,9,22H2,1H3,(H,23,26). The number of nitrogens with two attached hydrogens (primary N) is 1. The summed E-state index contributed by atoms with van der Waals surface area (Å²) < 4.78 is 47.0. The number of halogens is 3. The number of carbonyl (C=O) groups is 1. The van der Waals surface area contributed by atoms with Crippen LogP contribution in [-0.2, 0) is 11.3 Å². The van der Waals surface area contributed by atoms with Crippen LogP contribution in [0.5, 0.6) is 5.75 Å². The number of ether oxygens (including phenoxy) is 1. The molecule has 0 aliphatic carbocycles. The number of rotatable bonds is 5. The molecule has 0 aliphatic rings. The lowest BCUT2D eigenvalue weighted by atomic mass is 10.3. The zero-order valence-electron chi connectivity index (χ0n) is 15.0. The number of hydrogen-bond acceptors (Lipinski definition) is 6. The van der Waals surface area contributed by atoms with Crippen LogP contribution in [0, 0.1) is 6.92 Å². The van der Waals surface area contributed by atoms with Gasteiger partial charge in [-0.25, -0.2) is 4.68 Å². The van der Waals surface area contributed by atoms with Crippen LogP contribution in [0.4, 0.5) is 24.5 Å². The quantitative estimate of drug-likeness (QED) is 0.671. The number of alkyl halides is 3. The lowest BCUT2D eigenvalue weighted by molar-refractivity contribution is -0.274. The molecule has 0 unspecified atom stereocenters. The number of hydrogen-bond donors (Lipinski definition) is 2. The number of furan rings is 1. The van der Waals surface area contributed by atoms with Crippen molar-refractivity contribution < 1.29 is 27.1 Å². The Bertz CT molecular complexity index is 1100. The Labute approximate surface area is 161 Å². The molecule has 1 aromatic carbocycles. The molecule has 0 bridgehead atoms. The van der Waals surface area contributed by atoms with Crippen LogP contribution in [0.15, 0.2) is 51.7 Å². The Hall–Kier alpha value is -3.76. The molecule has 0 aliphatic heterocycles. The van der Waals surface area contributed by atoms with E-state index in [9.17, 15) is 22.8 Å². The second-order valence-electron chi connectivity index (χ2n) is 5.98. The van der Waals surface area contributed by atoms with Crippen molar-refractivity contribution >= 4 is 17.3 Å². The van der Waals surface area contributed by atoms with Gasteiger partial charge in [-0.15, -0.1) is 13.2 Å². The second-order valence-corrected chi connectivity index (χ2v) is 5.98. The third-order valence-electron chi connectivity index (χ3n) is 3.64. The highest BCUT2D eigenvalue weighted by atomic mass is 19.4. The normalized spacial score (nSPS) is 11.3. The highest BCUT2D eigenvalue weighted by Gasteiger charge is 2.31. The van der Waals surface area contributed by atoms with E-state index in [2.05, 4.69) is 15.2 Å². The van der Waals surface area contributed by atoms with E-state index < -0.39 is 30.1 Å². The molecule has 2 aromatic heterocycles. The molecule has 3 aromatic rings. The Morgan fingerprint density at radius 3 is 2.69 bits per heavy atom. The van der Waals surface area contributed by atoms with Crippen molar-refractivity contribution in [2.45, 2.75) is 19.8 Å². The van der Waals surface area contributed by atoms with Gasteiger partial charge in [0.05, 0.1) is 0 Å². The molecule has 29 heavy (non-hydrogen) atoms. The first-order valence-electron chi connectivity index (χ1n) is 8.21. The summed E-state index contributed by atoms with van der Waals surface area (Å²) in [5, 5.41) is 6.44. The van der Waals surface area contributed by atoms with Gasteiger partial charge in [0.25, 0.3) is 5.56 Å². The number of aromatic nitrogens is 2. The van der Waals surface area contributed by atoms with Crippen molar-refractivity contribution in [3.05, 3.63) is 58.6 Å². The van der Waals surface area contributed by atoms with Gasteiger partial charge in [-0.05, 0) is 37.3 Å². The number of benzene rings is 1. The Balaban J connectivity index is 1.78. The average Bonchev–Trinajstić information content (AvgIpc) is 3.04. The molecule has 0 radical (unpaired) electrons. The minimum atomic E-state index is -4.86. The zero-order valence-corrected chi connectivity index (χ0v) is 15.0. The summed E-state index contributed by atoms with van der Waals surface area (Å²) in [6.45, 7) is 1.22. The van der Waals surface area contributed by atoms with Gasteiger partial charge >= 0.3 is 6.36 Å². The maximum absolute atomic E-state index is 12.3. The Morgan fingerprint density at radius 1 is 1.28 bits per heavy atom. The van der Waals surface area contributed by atoms with Crippen molar-refractivity contribution in [3.8, 4) is 17.2 Å². The summed E-state index contributed by atoms with van der Waals surface area (Å²) in [5.74, 6) is -0.210. The fourth-order valence-electron chi connectivity index (χ4n) is 2.47. The zero-order chi connectivity index (χ0) is 21.2. The number of nitrogens with zero attached hydrogens (tertiary/aromatic N) is 2. The summed E-state index contributed by atoms with van der Waals surface area (Å²) in [7, 11) is 0. The van der Waals surface area contributed by atoms with E-state index >= 15 is 0 Å². The Morgan fingerprint density at radius 2 is 2.03 bits per heavy atom. The molecule has 11 heteroatoms. The molecule has 0 fully saturated rings. The average molecular weight is 408 g/mol. The number of carbonyl (C=O) groups excluding carboxylic acids is 1. The molecule has 8 nitrogen and oxygen atoms in total. The van der Waals surface area contributed by atoms with Crippen LogP contribution in [0.2, 0.25) is 0 Å². The van der Waals surface area contributed by atoms with E-state index in [1.807, 2.05) is 0 Å². The summed E-state index contributed by atoms with van der Waals surface area (Å²) in [6, 6.07) is 9.39. The molecule has 1 amide bonds. The van der Waals surface area contributed by atoms with Gasteiger partial charge in [0.2, 0.25) is 5.91 Å². The van der Waals surface area contributed by atoms with Gasteiger partial charge in [0.15, 0.2) is 5.76 Å². The third kappa shape index (κ3) is 5.15. The summed E-state index contributed by atoms with van der Waals surface area (Å²) >= 11 is 0. The summed E-state index contributed by atoms with van der Waals surface area (Å²) in [4.78, 5) is 24.4. The summed E-state index contributed by atoms with van der Waals surface area (Å²) in [6.07, 6.45) is -4.86. The van der Waals surface area contributed by atoms with E-state index in [0.717, 1.165) is 16.8 Å². The monoisotopic (exact) mass is 408 g/mol. The van der Waals surface area contributed by atoms with Crippen LogP contribution in [0.3, 0.4) is 0 Å². The van der Waals surface area contributed by atoms with Gasteiger partial charge in [-0.1, -0.05) is 6.07 Å². The smallest absolute Gasteiger partial charge is 0.460 e. The van der Waals surface area contributed by atoms with Crippen molar-refractivity contribution in [2.24, 2.45) is 0 Å². The van der Waals surface area contributed by atoms with Crippen LogP contribution in [0.25, 0.3) is 11.5 Å². The van der Waals surface area contributed by atoms with E-state index in [4.69, 9.17) is 10.2 Å². The maximum atomic E-state index is 12.3. The van der Waals surface area contributed by atoms with Crippen LogP contribution in [0.1, 0.15) is 5.76 Å². The predicted molar refractivity (Wildman–Crippen MR) is 97.1 cm³/mol. The number of nitrogens with one attached hydrogen (secondary N) is 1. The van der Waals surface area contributed by atoms with Gasteiger partial charge in [0.1, 0.15) is 29.4 Å². The molecule has 0 spiro atoms. The maximum Gasteiger partial charge on any atom is 0.573 e. The largest absolute Gasteiger partial charge is 0.573 e. The van der Waals surface area contributed by atoms with Crippen molar-refractivity contribution in [2.75, 3.05) is 11.1 Å². The fourth-order valence-corrected chi connectivity index (χ4v) is 2.47. The minimum absolute atomic E-state index is 0.0515. The first kappa shape index (κ1) is 20.0. The van der Waals surface area contributed by atoms with Crippen molar-refractivity contribution in [1.82, 2.24) is 9.78 Å². The predicted octanol–water partition coefficient (Wildman–Crippen LogP) is 2.93. The van der Waals surface area contributed by atoms with Gasteiger partial charge in [-0.2, -0.15) is 5.10 Å². The Kier molecular flexibility index (Phi) is 5.31. The number of aryl methyl sites for hydroxylation is 1. The molecular weight excluding hydrogens is 393 g/mol. The molecule has 3 rings (SSSR count). The van der Waals surface area contributed by atoms with Gasteiger partial charge in [0, 0.05) is 11.8 Å². The van der Waals surface area contributed by atoms with Crippen LogP contribution in [-0.4, -0.2) is 22.1 Å². The van der Waals surface area contributed by atoms with Crippen LogP contribution >= 0.6 is 0 Å².